The number of pyridine rings is 1. The molecule has 2 N–H and O–H groups in total. The van der Waals surface area contributed by atoms with Gasteiger partial charge < -0.3 is 5.73 Å². The lowest BCUT2D eigenvalue weighted by atomic mass is 10.2. The smallest absolute Gasteiger partial charge is 0.384 e. The third-order valence-electron chi connectivity index (χ3n) is 2.74. The van der Waals surface area contributed by atoms with Crippen LogP contribution in [0.2, 0.25) is 0 Å². The number of thiazole rings is 1. The first kappa shape index (κ1) is 12.9. The summed E-state index contributed by atoms with van der Waals surface area (Å²) in [6, 6.07) is 6.91. The van der Waals surface area contributed by atoms with E-state index in [0.29, 0.717) is 21.0 Å². The number of rotatable bonds is 1. The van der Waals surface area contributed by atoms with Crippen molar-refractivity contribution in [1.29, 1.82) is 0 Å². The Morgan fingerprint density at radius 2 is 1.90 bits per heavy atom. The second-order valence-electron chi connectivity index (χ2n) is 4.17. The molecule has 3 nitrogen and oxygen atoms in total. The minimum absolute atomic E-state index is 0.329. The number of alkyl halides is 3. The Hall–Kier alpha value is -2.15. The van der Waals surface area contributed by atoms with Crippen molar-refractivity contribution in [3.8, 4) is 10.6 Å². The highest BCUT2D eigenvalue weighted by atomic mass is 32.1. The van der Waals surface area contributed by atoms with Crippen molar-refractivity contribution in [1.82, 2.24) is 9.97 Å². The van der Waals surface area contributed by atoms with E-state index in [-0.39, 0.29) is 0 Å². The van der Waals surface area contributed by atoms with Crippen molar-refractivity contribution < 1.29 is 13.2 Å². The quantitative estimate of drug-likeness (QED) is 0.739. The molecule has 3 rings (SSSR count). The number of benzene rings is 1. The molecule has 0 aliphatic rings. The van der Waals surface area contributed by atoms with E-state index in [9.17, 15) is 13.2 Å². The molecule has 0 fully saturated rings. The first-order valence-corrected chi connectivity index (χ1v) is 6.45. The van der Waals surface area contributed by atoms with Gasteiger partial charge in [-0.15, -0.1) is 11.3 Å². The van der Waals surface area contributed by atoms with Crippen molar-refractivity contribution in [2.45, 2.75) is 6.18 Å². The van der Waals surface area contributed by atoms with Crippen molar-refractivity contribution in [3.63, 3.8) is 0 Å². The molecular formula is C13H8F3N3S. The molecule has 0 unspecified atom stereocenters. The van der Waals surface area contributed by atoms with Crippen molar-refractivity contribution in [2.24, 2.45) is 0 Å². The van der Waals surface area contributed by atoms with Gasteiger partial charge >= 0.3 is 6.18 Å². The summed E-state index contributed by atoms with van der Waals surface area (Å²) in [5.41, 5.74) is 5.96. The van der Waals surface area contributed by atoms with Crippen LogP contribution in [-0.4, -0.2) is 9.97 Å². The molecular weight excluding hydrogens is 287 g/mol. The maximum Gasteiger partial charge on any atom is 0.416 e. The molecule has 0 aliphatic carbocycles. The van der Waals surface area contributed by atoms with E-state index < -0.39 is 11.7 Å². The van der Waals surface area contributed by atoms with Gasteiger partial charge in [0.1, 0.15) is 10.8 Å². The Bertz CT molecular complexity index is 780. The van der Waals surface area contributed by atoms with Crippen LogP contribution in [0.4, 0.5) is 19.0 Å². The van der Waals surface area contributed by atoms with Crippen LogP contribution >= 0.6 is 11.3 Å². The number of aromatic nitrogens is 2. The summed E-state index contributed by atoms with van der Waals surface area (Å²) in [5.74, 6) is 0.345. The third kappa shape index (κ3) is 2.32. The van der Waals surface area contributed by atoms with Gasteiger partial charge in [-0.1, -0.05) is 0 Å². The van der Waals surface area contributed by atoms with Crippen molar-refractivity contribution >= 4 is 27.4 Å². The highest BCUT2D eigenvalue weighted by Gasteiger charge is 2.30. The molecule has 1 aromatic carbocycles. The summed E-state index contributed by atoms with van der Waals surface area (Å²) in [4.78, 5) is 8.10. The number of nitrogens with zero attached hydrogens (tertiary/aromatic N) is 2. The van der Waals surface area contributed by atoms with E-state index in [1.54, 1.807) is 12.1 Å². The molecule has 2 heterocycles. The largest absolute Gasteiger partial charge is 0.416 e. The minimum atomic E-state index is -4.36. The van der Waals surface area contributed by atoms with E-state index in [1.165, 1.54) is 23.6 Å². The summed E-state index contributed by atoms with van der Waals surface area (Å²) >= 11 is 1.32. The SMILES string of the molecule is Nc1cc(-c2nc3cc(C(F)(F)F)ccc3s2)ccn1. The predicted molar refractivity (Wildman–Crippen MR) is 72.3 cm³/mol. The van der Waals surface area contributed by atoms with Crippen LogP contribution in [0.3, 0.4) is 0 Å². The Labute approximate surface area is 115 Å². The summed E-state index contributed by atoms with van der Waals surface area (Å²) in [6.45, 7) is 0. The van der Waals surface area contributed by atoms with E-state index in [2.05, 4.69) is 9.97 Å². The first-order chi connectivity index (χ1) is 9.43. The molecule has 7 heteroatoms. The third-order valence-corrected chi connectivity index (χ3v) is 3.83. The lowest BCUT2D eigenvalue weighted by Crippen LogP contribution is -2.03. The van der Waals surface area contributed by atoms with Crippen LogP contribution in [0.1, 0.15) is 5.56 Å². The lowest BCUT2D eigenvalue weighted by Gasteiger charge is -2.04. The fraction of sp³-hybridized carbons (Fsp3) is 0.0769. The van der Waals surface area contributed by atoms with Gasteiger partial charge in [0, 0.05) is 11.8 Å². The van der Waals surface area contributed by atoms with Crippen LogP contribution in [0.25, 0.3) is 20.8 Å². The van der Waals surface area contributed by atoms with Crippen LogP contribution in [0.5, 0.6) is 0 Å². The topological polar surface area (TPSA) is 51.8 Å². The molecule has 0 saturated carbocycles. The number of fused-ring (bicyclic) bond motifs is 1. The molecule has 0 saturated heterocycles. The summed E-state index contributed by atoms with van der Waals surface area (Å²) in [7, 11) is 0. The van der Waals surface area contributed by atoms with Crippen LogP contribution in [-0.2, 0) is 6.18 Å². The number of hydrogen-bond donors (Lipinski definition) is 1. The maximum absolute atomic E-state index is 12.6. The normalized spacial score (nSPS) is 11.9. The number of anilines is 1. The second kappa shape index (κ2) is 4.45. The van der Waals surface area contributed by atoms with Gasteiger partial charge in [0.25, 0.3) is 0 Å². The van der Waals surface area contributed by atoms with Gasteiger partial charge in [-0.3, -0.25) is 0 Å². The predicted octanol–water partition coefficient (Wildman–Crippen LogP) is 3.96. The van der Waals surface area contributed by atoms with Crippen LogP contribution in [0, 0.1) is 0 Å². The number of halogens is 3. The summed E-state index contributed by atoms with van der Waals surface area (Å²) in [6.07, 6.45) is -2.82. The summed E-state index contributed by atoms with van der Waals surface area (Å²) in [5, 5.41) is 0.619. The molecule has 0 spiro atoms. The zero-order valence-electron chi connectivity index (χ0n) is 9.98. The van der Waals surface area contributed by atoms with Crippen molar-refractivity contribution in [3.05, 3.63) is 42.1 Å². The Morgan fingerprint density at radius 3 is 2.60 bits per heavy atom. The molecule has 0 bridgehead atoms. The second-order valence-corrected chi connectivity index (χ2v) is 5.20. The average Bonchev–Trinajstić information content (AvgIpc) is 2.80. The molecule has 20 heavy (non-hydrogen) atoms. The highest BCUT2D eigenvalue weighted by molar-refractivity contribution is 7.21. The molecule has 0 amide bonds. The standard InChI is InChI=1S/C13H8F3N3S/c14-13(15,16)8-1-2-10-9(6-8)19-12(20-10)7-3-4-18-11(17)5-7/h1-6H,(H2,17,18). The molecule has 3 aromatic rings. The first-order valence-electron chi connectivity index (χ1n) is 5.63. The highest BCUT2D eigenvalue weighted by Crippen LogP contribution is 2.35. The number of nitrogen functional groups attached to an aromatic ring is 1. The van der Waals surface area contributed by atoms with Gasteiger partial charge in [0.15, 0.2) is 0 Å². The molecule has 102 valence electrons. The zero-order chi connectivity index (χ0) is 14.3. The van der Waals surface area contributed by atoms with Gasteiger partial charge in [-0.2, -0.15) is 13.2 Å². The van der Waals surface area contributed by atoms with Crippen LogP contribution < -0.4 is 5.73 Å². The van der Waals surface area contributed by atoms with E-state index in [1.807, 2.05) is 0 Å². The Balaban J connectivity index is 2.11. The molecule has 2 aromatic heterocycles. The van der Waals surface area contributed by atoms with Gasteiger partial charge in [-0.05, 0) is 30.3 Å². The lowest BCUT2D eigenvalue weighted by molar-refractivity contribution is -0.137. The van der Waals surface area contributed by atoms with E-state index in [4.69, 9.17) is 5.73 Å². The zero-order valence-corrected chi connectivity index (χ0v) is 10.8. The number of nitrogens with two attached hydrogens (primary N) is 1. The van der Waals surface area contributed by atoms with Crippen LogP contribution in [0.15, 0.2) is 36.5 Å². The summed E-state index contributed by atoms with van der Waals surface area (Å²) < 4.78 is 38.6. The Kier molecular flexibility index (Phi) is 2.86. The van der Waals surface area contributed by atoms with Gasteiger partial charge in [0.05, 0.1) is 15.8 Å². The van der Waals surface area contributed by atoms with Gasteiger partial charge in [-0.25, -0.2) is 9.97 Å². The molecule has 0 aliphatic heterocycles. The monoisotopic (exact) mass is 295 g/mol. The Morgan fingerprint density at radius 1 is 1.10 bits per heavy atom. The minimum Gasteiger partial charge on any atom is -0.384 e. The van der Waals surface area contributed by atoms with Gasteiger partial charge in [0.2, 0.25) is 0 Å². The van der Waals surface area contributed by atoms with E-state index in [0.717, 1.165) is 17.7 Å². The maximum atomic E-state index is 12.6. The van der Waals surface area contributed by atoms with Crippen molar-refractivity contribution in [2.75, 3.05) is 5.73 Å². The fourth-order valence-corrected chi connectivity index (χ4v) is 2.75. The number of hydrogen-bond acceptors (Lipinski definition) is 4. The average molecular weight is 295 g/mol. The molecule has 0 atom stereocenters. The van der Waals surface area contributed by atoms with E-state index >= 15 is 0 Å². The molecule has 0 radical (unpaired) electrons. The fourth-order valence-electron chi connectivity index (χ4n) is 1.81.